The first-order valence-corrected chi connectivity index (χ1v) is 5.82. The molecule has 0 aliphatic rings. The highest BCUT2D eigenvalue weighted by Crippen LogP contribution is 2.18. The van der Waals surface area contributed by atoms with Gasteiger partial charge in [-0.3, -0.25) is 4.79 Å². The van der Waals surface area contributed by atoms with Crippen LogP contribution in [-0.4, -0.2) is 24.4 Å². The van der Waals surface area contributed by atoms with E-state index in [0.29, 0.717) is 11.3 Å². The van der Waals surface area contributed by atoms with Gasteiger partial charge < -0.3 is 10.6 Å². The molecule has 0 saturated carbocycles. The molecular weight excluding hydrogens is 212 g/mol. The number of aryl methyl sites for hydroxylation is 1. The van der Waals surface area contributed by atoms with Crippen molar-refractivity contribution in [2.45, 2.75) is 27.7 Å². The number of anilines is 1. The number of benzene rings is 1. The van der Waals surface area contributed by atoms with Crippen molar-refractivity contribution in [3.05, 3.63) is 29.3 Å². The van der Waals surface area contributed by atoms with Crippen LogP contribution >= 0.6 is 0 Å². The summed E-state index contributed by atoms with van der Waals surface area (Å²) in [6.45, 7) is 8.99. The summed E-state index contributed by atoms with van der Waals surface area (Å²) in [6.07, 6.45) is 0. The number of hydrogen-bond donors (Lipinski definition) is 1. The van der Waals surface area contributed by atoms with Crippen molar-refractivity contribution in [2.24, 2.45) is 5.41 Å². The van der Waals surface area contributed by atoms with Gasteiger partial charge in [0.25, 0.3) is 5.91 Å². The number of rotatable bonds is 2. The van der Waals surface area contributed by atoms with E-state index in [1.807, 2.05) is 26.1 Å². The predicted octanol–water partition coefficient (Wildman–Crippen LogP) is 2.70. The van der Waals surface area contributed by atoms with Crippen LogP contribution in [0.2, 0.25) is 0 Å². The van der Waals surface area contributed by atoms with E-state index in [4.69, 9.17) is 5.73 Å². The normalized spacial score (nSPS) is 11.4. The second-order valence-corrected chi connectivity index (χ2v) is 5.80. The first-order chi connectivity index (χ1) is 7.70. The molecule has 94 valence electrons. The van der Waals surface area contributed by atoms with Gasteiger partial charge in [0.15, 0.2) is 0 Å². The molecule has 0 radical (unpaired) electrons. The molecule has 0 aliphatic heterocycles. The van der Waals surface area contributed by atoms with Crippen molar-refractivity contribution in [2.75, 3.05) is 19.3 Å². The Kier molecular flexibility index (Phi) is 3.81. The van der Waals surface area contributed by atoms with E-state index in [2.05, 4.69) is 20.8 Å². The standard InChI is InChI=1S/C14H22N2O/c1-10-6-7-11(15)8-12(10)13(17)16(5)9-14(2,3)4/h6-8H,9,15H2,1-5H3. The fourth-order valence-electron chi connectivity index (χ4n) is 1.86. The number of nitrogens with zero attached hydrogens (tertiary/aromatic N) is 1. The van der Waals surface area contributed by atoms with Crippen molar-refractivity contribution in [1.29, 1.82) is 0 Å². The van der Waals surface area contributed by atoms with Crippen molar-refractivity contribution in [1.82, 2.24) is 4.90 Å². The fraction of sp³-hybridized carbons (Fsp3) is 0.500. The molecule has 1 aromatic rings. The largest absolute Gasteiger partial charge is 0.399 e. The Bertz CT molecular complexity index is 419. The Morgan fingerprint density at radius 3 is 2.47 bits per heavy atom. The highest BCUT2D eigenvalue weighted by atomic mass is 16.2. The van der Waals surface area contributed by atoms with Crippen molar-refractivity contribution >= 4 is 11.6 Å². The van der Waals surface area contributed by atoms with Crippen LogP contribution < -0.4 is 5.73 Å². The number of nitrogens with two attached hydrogens (primary N) is 1. The van der Waals surface area contributed by atoms with Crippen molar-refractivity contribution in [3.8, 4) is 0 Å². The number of nitrogen functional groups attached to an aromatic ring is 1. The van der Waals surface area contributed by atoms with Crippen LogP contribution in [0.25, 0.3) is 0 Å². The maximum atomic E-state index is 12.3. The Morgan fingerprint density at radius 1 is 1.35 bits per heavy atom. The fourth-order valence-corrected chi connectivity index (χ4v) is 1.86. The summed E-state index contributed by atoms with van der Waals surface area (Å²) in [6, 6.07) is 5.44. The third-order valence-corrected chi connectivity index (χ3v) is 2.55. The summed E-state index contributed by atoms with van der Waals surface area (Å²) in [7, 11) is 1.83. The van der Waals surface area contributed by atoms with E-state index >= 15 is 0 Å². The van der Waals surface area contributed by atoms with Crippen LogP contribution in [0.3, 0.4) is 0 Å². The average Bonchev–Trinajstić information content (AvgIpc) is 2.18. The van der Waals surface area contributed by atoms with E-state index in [9.17, 15) is 4.79 Å². The Morgan fingerprint density at radius 2 is 1.94 bits per heavy atom. The van der Waals surface area contributed by atoms with Crippen molar-refractivity contribution < 1.29 is 4.79 Å². The van der Waals surface area contributed by atoms with E-state index < -0.39 is 0 Å². The Hall–Kier alpha value is -1.51. The van der Waals surface area contributed by atoms with Gasteiger partial charge in [-0.25, -0.2) is 0 Å². The molecule has 3 nitrogen and oxygen atoms in total. The SMILES string of the molecule is Cc1ccc(N)cc1C(=O)N(C)CC(C)(C)C. The summed E-state index contributed by atoms with van der Waals surface area (Å²) in [5, 5.41) is 0. The molecule has 0 unspecified atom stereocenters. The molecule has 3 heteroatoms. The molecule has 0 aromatic heterocycles. The summed E-state index contributed by atoms with van der Waals surface area (Å²) >= 11 is 0. The van der Waals surface area contributed by atoms with Crippen LogP contribution in [-0.2, 0) is 0 Å². The van der Waals surface area contributed by atoms with E-state index in [1.54, 1.807) is 11.0 Å². The minimum Gasteiger partial charge on any atom is -0.399 e. The smallest absolute Gasteiger partial charge is 0.253 e. The minimum atomic E-state index is 0.0322. The average molecular weight is 234 g/mol. The van der Waals surface area contributed by atoms with Crippen LogP contribution in [0, 0.1) is 12.3 Å². The lowest BCUT2D eigenvalue weighted by atomic mass is 9.95. The second kappa shape index (κ2) is 4.78. The maximum absolute atomic E-state index is 12.3. The predicted molar refractivity (Wildman–Crippen MR) is 72.0 cm³/mol. The third-order valence-electron chi connectivity index (χ3n) is 2.55. The van der Waals surface area contributed by atoms with Gasteiger partial charge in [-0.15, -0.1) is 0 Å². The van der Waals surface area contributed by atoms with Crippen LogP contribution in [0.1, 0.15) is 36.7 Å². The summed E-state index contributed by atoms with van der Waals surface area (Å²) in [5.74, 6) is 0.0322. The third kappa shape index (κ3) is 3.77. The van der Waals surface area contributed by atoms with Gasteiger partial charge in [0, 0.05) is 24.8 Å². The van der Waals surface area contributed by atoms with Gasteiger partial charge in [-0.2, -0.15) is 0 Å². The number of carbonyl (C=O) groups is 1. The Labute approximate surface area is 104 Å². The van der Waals surface area contributed by atoms with Crippen molar-refractivity contribution in [3.63, 3.8) is 0 Å². The summed E-state index contributed by atoms with van der Waals surface area (Å²) < 4.78 is 0. The monoisotopic (exact) mass is 234 g/mol. The molecule has 0 fully saturated rings. The first kappa shape index (κ1) is 13.6. The summed E-state index contributed by atoms with van der Waals surface area (Å²) in [4.78, 5) is 14.0. The van der Waals surface area contributed by atoms with Crippen LogP contribution in [0.5, 0.6) is 0 Å². The molecule has 0 heterocycles. The van der Waals surface area contributed by atoms with Gasteiger partial charge in [-0.05, 0) is 30.0 Å². The van der Waals surface area contributed by atoms with E-state index in [1.165, 1.54) is 0 Å². The molecule has 1 aromatic carbocycles. The second-order valence-electron chi connectivity index (χ2n) is 5.80. The van der Waals surface area contributed by atoms with Gasteiger partial charge in [0.2, 0.25) is 0 Å². The minimum absolute atomic E-state index is 0.0322. The number of hydrogen-bond acceptors (Lipinski definition) is 2. The van der Waals surface area contributed by atoms with Gasteiger partial charge in [0.05, 0.1) is 0 Å². The molecular formula is C14H22N2O. The first-order valence-electron chi connectivity index (χ1n) is 5.82. The van der Waals surface area contributed by atoms with E-state index in [0.717, 1.165) is 12.1 Å². The van der Waals surface area contributed by atoms with Gasteiger partial charge in [-0.1, -0.05) is 26.8 Å². The number of carbonyl (C=O) groups excluding carboxylic acids is 1. The zero-order valence-corrected chi connectivity index (χ0v) is 11.4. The zero-order chi connectivity index (χ0) is 13.2. The lowest BCUT2D eigenvalue weighted by Crippen LogP contribution is -2.34. The highest BCUT2D eigenvalue weighted by molar-refractivity contribution is 5.96. The lowest BCUT2D eigenvalue weighted by Gasteiger charge is -2.27. The molecule has 0 bridgehead atoms. The van der Waals surface area contributed by atoms with Crippen LogP contribution in [0.15, 0.2) is 18.2 Å². The molecule has 1 amide bonds. The maximum Gasteiger partial charge on any atom is 0.253 e. The highest BCUT2D eigenvalue weighted by Gasteiger charge is 2.20. The van der Waals surface area contributed by atoms with Crippen LogP contribution in [0.4, 0.5) is 5.69 Å². The quantitative estimate of drug-likeness (QED) is 0.800. The molecule has 0 saturated heterocycles. The molecule has 0 atom stereocenters. The van der Waals surface area contributed by atoms with Gasteiger partial charge in [0.1, 0.15) is 0 Å². The lowest BCUT2D eigenvalue weighted by molar-refractivity contribution is 0.0745. The molecule has 0 spiro atoms. The topological polar surface area (TPSA) is 46.3 Å². The van der Waals surface area contributed by atoms with Gasteiger partial charge >= 0.3 is 0 Å². The Balaban J connectivity index is 2.93. The van der Waals surface area contributed by atoms with E-state index in [-0.39, 0.29) is 11.3 Å². The molecule has 0 aliphatic carbocycles. The molecule has 17 heavy (non-hydrogen) atoms. The molecule has 2 N–H and O–H groups in total. The molecule has 1 rings (SSSR count). The summed E-state index contributed by atoms with van der Waals surface area (Å²) in [5.41, 5.74) is 8.10. The number of amides is 1. The zero-order valence-electron chi connectivity index (χ0n) is 11.4.